The van der Waals surface area contributed by atoms with E-state index in [1.54, 1.807) is 6.92 Å². The van der Waals surface area contributed by atoms with Gasteiger partial charge in [-0.1, -0.05) is 13.8 Å². The number of sulfonamides is 1. The summed E-state index contributed by atoms with van der Waals surface area (Å²) in [7, 11) is -3.22. The molecule has 0 bridgehead atoms. The quantitative estimate of drug-likeness (QED) is 0.732. The van der Waals surface area contributed by atoms with Crippen LogP contribution in [0.25, 0.3) is 0 Å². The molecule has 0 radical (unpaired) electrons. The van der Waals surface area contributed by atoms with Gasteiger partial charge in [0.1, 0.15) is 0 Å². The maximum Gasteiger partial charge on any atom is 0.215 e. The molecule has 1 atom stereocenters. The van der Waals surface area contributed by atoms with Gasteiger partial charge >= 0.3 is 0 Å². The van der Waals surface area contributed by atoms with E-state index in [4.69, 9.17) is 4.74 Å². The molecule has 0 aliphatic carbocycles. The van der Waals surface area contributed by atoms with Crippen molar-refractivity contribution in [1.82, 2.24) is 10.0 Å². The Morgan fingerprint density at radius 3 is 2.35 bits per heavy atom. The van der Waals surface area contributed by atoms with E-state index in [0.29, 0.717) is 25.8 Å². The molecule has 0 aromatic rings. The van der Waals surface area contributed by atoms with Crippen LogP contribution in [0.5, 0.6) is 0 Å². The molecule has 6 heteroatoms. The van der Waals surface area contributed by atoms with Gasteiger partial charge in [0.25, 0.3) is 0 Å². The summed E-state index contributed by atoms with van der Waals surface area (Å²) in [6, 6.07) is 0.339. The lowest BCUT2D eigenvalue weighted by molar-refractivity contribution is 0.0831. The van der Waals surface area contributed by atoms with E-state index in [-0.39, 0.29) is 6.04 Å². The largest absolute Gasteiger partial charge is 0.381 e. The van der Waals surface area contributed by atoms with E-state index in [9.17, 15) is 8.42 Å². The summed E-state index contributed by atoms with van der Waals surface area (Å²) in [6.07, 6.45) is 1.53. The zero-order valence-electron chi connectivity index (χ0n) is 10.9. The number of rotatable bonds is 6. The first-order valence-electron chi connectivity index (χ1n) is 6.24. The molecular weight excluding hydrogens is 240 g/mol. The molecule has 1 saturated heterocycles. The van der Waals surface area contributed by atoms with Gasteiger partial charge in [0.2, 0.25) is 10.0 Å². The smallest absolute Gasteiger partial charge is 0.215 e. The van der Waals surface area contributed by atoms with Crippen LogP contribution in [-0.2, 0) is 14.8 Å². The Hall–Kier alpha value is -0.170. The first-order chi connectivity index (χ1) is 7.92. The van der Waals surface area contributed by atoms with Gasteiger partial charge in [0, 0.05) is 31.8 Å². The molecule has 0 saturated carbocycles. The van der Waals surface area contributed by atoms with Gasteiger partial charge in [-0.25, -0.2) is 13.1 Å². The Labute approximate surface area is 104 Å². The second-order valence-corrected chi connectivity index (χ2v) is 7.05. The van der Waals surface area contributed by atoms with Crippen molar-refractivity contribution in [1.29, 1.82) is 0 Å². The third-order valence-corrected chi connectivity index (χ3v) is 4.78. The predicted molar refractivity (Wildman–Crippen MR) is 68.5 cm³/mol. The van der Waals surface area contributed by atoms with Crippen LogP contribution < -0.4 is 10.0 Å². The van der Waals surface area contributed by atoms with Crippen LogP contribution in [0.3, 0.4) is 0 Å². The van der Waals surface area contributed by atoms with Gasteiger partial charge < -0.3 is 10.1 Å². The van der Waals surface area contributed by atoms with Crippen LogP contribution in [0.4, 0.5) is 0 Å². The minimum atomic E-state index is -3.22. The Bertz CT molecular complexity index is 311. The molecule has 1 rings (SSSR count). The molecule has 2 N–H and O–H groups in total. The molecule has 0 amide bonds. The molecule has 1 aliphatic rings. The Morgan fingerprint density at radius 2 is 1.82 bits per heavy atom. The predicted octanol–water partition coefficient (Wildman–Crippen LogP) is 0.471. The molecule has 1 heterocycles. The third-order valence-electron chi connectivity index (χ3n) is 2.90. The summed E-state index contributed by atoms with van der Waals surface area (Å²) in [6.45, 7) is 7.52. The van der Waals surface area contributed by atoms with E-state index < -0.39 is 15.3 Å². The SMILES string of the molecule is CC(C)NCC(C)S(=O)(=O)NC1CCOCC1. The zero-order chi connectivity index (χ0) is 12.9. The van der Waals surface area contributed by atoms with Crippen LogP contribution in [-0.4, -0.2) is 45.5 Å². The number of hydrogen-bond donors (Lipinski definition) is 2. The van der Waals surface area contributed by atoms with Crippen LogP contribution in [0, 0.1) is 0 Å². The maximum absolute atomic E-state index is 12.0. The van der Waals surface area contributed by atoms with E-state index >= 15 is 0 Å². The number of ether oxygens (including phenoxy) is 1. The van der Waals surface area contributed by atoms with Crippen molar-refractivity contribution < 1.29 is 13.2 Å². The lowest BCUT2D eigenvalue weighted by atomic mass is 10.1. The average molecular weight is 264 g/mol. The summed E-state index contributed by atoms with van der Waals surface area (Å²) in [5, 5.41) is 2.74. The Kier molecular flexibility index (Phi) is 5.85. The highest BCUT2D eigenvalue weighted by Crippen LogP contribution is 2.09. The van der Waals surface area contributed by atoms with Crippen molar-refractivity contribution in [2.45, 2.75) is 50.9 Å². The minimum Gasteiger partial charge on any atom is -0.381 e. The van der Waals surface area contributed by atoms with Crippen LogP contribution >= 0.6 is 0 Å². The number of hydrogen-bond acceptors (Lipinski definition) is 4. The average Bonchev–Trinajstić information content (AvgIpc) is 2.26. The standard InChI is InChI=1S/C11H24N2O3S/c1-9(2)12-8-10(3)17(14,15)13-11-4-6-16-7-5-11/h9-13H,4-8H2,1-3H3. The molecule has 17 heavy (non-hydrogen) atoms. The van der Waals surface area contributed by atoms with Crippen molar-refractivity contribution in [3.05, 3.63) is 0 Å². The highest BCUT2D eigenvalue weighted by Gasteiger charge is 2.25. The molecule has 0 spiro atoms. The van der Waals surface area contributed by atoms with Crippen LogP contribution in [0.15, 0.2) is 0 Å². The molecule has 5 nitrogen and oxygen atoms in total. The van der Waals surface area contributed by atoms with Gasteiger partial charge in [-0.05, 0) is 19.8 Å². The number of nitrogens with one attached hydrogen (secondary N) is 2. The monoisotopic (exact) mass is 264 g/mol. The van der Waals surface area contributed by atoms with E-state index in [2.05, 4.69) is 10.0 Å². The Balaban J connectivity index is 2.43. The summed E-state index contributed by atoms with van der Waals surface area (Å²) >= 11 is 0. The van der Waals surface area contributed by atoms with Gasteiger partial charge in [-0.15, -0.1) is 0 Å². The summed E-state index contributed by atoms with van der Waals surface area (Å²) < 4.78 is 32.0. The Morgan fingerprint density at radius 1 is 1.24 bits per heavy atom. The first-order valence-corrected chi connectivity index (χ1v) is 7.78. The summed E-state index contributed by atoms with van der Waals surface area (Å²) in [5.74, 6) is 0. The highest BCUT2D eigenvalue weighted by molar-refractivity contribution is 7.90. The van der Waals surface area contributed by atoms with Crippen molar-refractivity contribution in [3.8, 4) is 0 Å². The minimum absolute atomic E-state index is 0.0373. The van der Waals surface area contributed by atoms with Gasteiger partial charge in [0.05, 0.1) is 5.25 Å². The molecule has 102 valence electrons. The molecule has 0 aromatic heterocycles. The fourth-order valence-corrected chi connectivity index (χ4v) is 2.92. The summed E-state index contributed by atoms with van der Waals surface area (Å²) in [5.41, 5.74) is 0. The van der Waals surface area contributed by atoms with Crippen molar-refractivity contribution in [3.63, 3.8) is 0 Å². The van der Waals surface area contributed by atoms with E-state index in [1.165, 1.54) is 0 Å². The van der Waals surface area contributed by atoms with Gasteiger partial charge in [-0.3, -0.25) is 0 Å². The summed E-state index contributed by atoms with van der Waals surface area (Å²) in [4.78, 5) is 0. The van der Waals surface area contributed by atoms with Gasteiger partial charge in [-0.2, -0.15) is 0 Å². The fraction of sp³-hybridized carbons (Fsp3) is 1.00. The lowest BCUT2D eigenvalue weighted by Crippen LogP contribution is -2.46. The van der Waals surface area contributed by atoms with Crippen molar-refractivity contribution in [2.75, 3.05) is 19.8 Å². The third kappa shape index (κ3) is 5.33. The second-order valence-electron chi connectivity index (χ2n) is 4.92. The van der Waals surface area contributed by atoms with E-state index in [1.807, 2.05) is 13.8 Å². The molecule has 1 aliphatic heterocycles. The second kappa shape index (κ2) is 6.68. The first kappa shape index (κ1) is 14.9. The molecule has 1 fully saturated rings. The highest BCUT2D eigenvalue weighted by atomic mass is 32.2. The van der Waals surface area contributed by atoms with Crippen LogP contribution in [0.2, 0.25) is 0 Å². The molecule has 1 unspecified atom stereocenters. The normalized spacial score (nSPS) is 20.7. The maximum atomic E-state index is 12.0. The van der Waals surface area contributed by atoms with Gasteiger partial charge in [0.15, 0.2) is 0 Å². The van der Waals surface area contributed by atoms with Crippen molar-refractivity contribution in [2.24, 2.45) is 0 Å². The van der Waals surface area contributed by atoms with Crippen LogP contribution in [0.1, 0.15) is 33.6 Å². The topological polar surface area (TPSA) is 67.4 Å². The van der Waals surface area contributed by atoms with Crippen molar-refractivity contribution >= 4 is 10.0 Å². The zero-order valence-corrected chi connectivity index (χ0v) is 11.7. The molecule has 0 aromatic carbocycles. The molecular formula is C11H24N2O3S. The fourth-order valence-electron chi connectivity index (χ4n) is 1.68. The van der Waals surface area contributed by atoms with E-state index in [0.717, 1.165) is 12.8 Å². The lowest BCUT2D eigenvalue weighted by Gasteiger charge is -2.25.